The number of hydrogen-bond donors (Lipinski definition) is 2. The summed E-state index contributed by atoms with van der Waals surface area (Å²) >= 11 is 0. The first-order valence-electron chi connectivity index (χ1n) is 7.13. The Balaban J connectivity index is 0.000000956. The molecule has 2 amide bonds. The van der Waals surface area contributed by atoms with Gasteiger partial charge in [-0.05, 0) is 30.5 Å². The van der Waals surface area contributed by atoms with E-state index in [1.54, 1.807) is 0 Å². The molecule has 1 heterocycles. The lowest BCUT2D eigenvalue weighted by atomic mass is 9.80. The van der Waals surface area contributed by atoms with Gasteiger partial charge in [0, 0.05) is 24.1 Å². The Morgan fingerprint density at radius 2 is 2.15 bits per heavy atom. The summed E-state index contributed by atoms with van der Waals surface area (Å²) in [6.07, 6.45) is 1.54. The van der Waals surface area contributed by atoms with Crippen molar-refractivity contribution in [2.24, 2.45) is 0 Å². The number of anilines is 1. The van der Waals surface area contributed by atoms with Crippen molar-refractivity contribution >= 4 is 18.0 Å². The van der Waals surface area contributed by atoms with Crippen LogP contribution in [-0.4, -0.2) is 18.9 Å². The molecule has 0 bridgehead atoms. The lowest BCUT2D eigenvalue weighted by Crippen LogP contribution is -2.28. The quantitative estimate of drug-likeness (QED) is 0.831. The van der Waals surface area contributed by atoms with E-state index in [2.05, 4.69) is 42.7 Å². The topological polar surface area (TPSA) is 58.2 Å². The molecule has 1 aliphatic heterocycles. The van der Waals surface area contributed by atoms with Gasteiger partial charge in [0.1, 0.15) is 0 Å². The highest BCUT2D eigenvalue weighted by atomic mass is 16.2. The number of benzene rings is 1. The van der Waals surface area contributed by atoms with Gasteiger partial charge < -0.3 is 5.32 Å². The average molecular weight is 276 g/mol. The maximum atomic E-state index is 11.3. The average Bonchev–Trinajstić information content (AvgIpc) is 2.77. The third kappa shape index (κ3) is 3.59. The summed E-state index contributed by atoms with van der Waals surface area (Å²) in [5.41, 5.74) is 3.60. The molecule has 4 nitrogen and oxygen atoms in total. The molecule has 0 aliphatic carbocycles. The number of fused-ring (bicyclic) bond motifs is 1. The monoisotopic (exact) mass is 276 g/mol. The van der Waals surface area contributed by atoms with E-state index in [0.717, 1.165) is 18.7 Å². The summed E-state index contributed by atoms with van der Waals surface area (Å²) in [5, 5.41) is 5.57. The van der Waals surface area contributed by atoms with Gasteiger partial charge >= 0.3 is 0 Å². The first-order valence-corrected chi connectivity index (χ1v) is 7.13. The van der Waals surface area contributed by atoms with Crippen LogP contribution in [0.5, 0.6) is 0 Å². The number of carbonyl (C=O) groups excluding carboxylic acids is 2. The predicted molar refractivity (Wildman–Crippen MR) is 81.8 cm³/mol. The Hall–Kier alpha value is -1.84. The Kier molecular flexibility index (Phi) is 5.74. The smallest absolute Gasteiger partial charge is 0.226 e. The minimum absolute atomic E-state index is 0.0384. The van der Waals surface area contributed by atoms with Crippen molar-refractivity contribution in [3.05, 3.63) is 29.3 Å². The standard InChI is InChI=1S/C14H18N2O2.C2H6/c1-10-3-4-11-12(7-10)15-8-14(11,2)6-5-13(18)16-9-17;1-2/h3-4,7,9,15H,5-6,8H2,1-2H3,(H,16,17,18);1-2H3. The third-order valence-corrected chi connectivity index (χ3v) is 3.62. The first kappa shape index (κ1) is 16.2. The van der Waals surface area contributed by atoms with Crippen LogP contribution in [0.15, 0.2) is 18.2 Å². The molecule has 1 aromatic carbocycles. The molecule has 2 N–H and O–H groups in total. The number of amides is 2. The Morgan fingerprint density at radius 1 is 1.45 bits per heavy atom. The van der Waals surface area contributed by atoms with Gasteiger partial charge in [0.15, 0.2) is 0 Å². The van der Waals surface area contributed by atoms with E-state index in [1.165, 1.54) is 11.1 Å². The molecule has 0 fully saturated rings. The zero-order valence-electron chi connectivity index (χ0n) is 12.7. The van der Waals surface area contributed by atoms with Crippen LogP contribution in [0.3, 0.4) is 0 Å². The van der Waals surface area contributed by atoms with Crippen LogP contribution < -0.4 is 10.6 Å². The van der Waals surface area contributed by atoms with Crippen LogP contribution in [0, 0.1) is 6.92 Å². The van der Waals surface area contributed by atoms with E-state index < -0.39 is 0 Å². The molecule has 1 atom stereocenters. The van der Waals surface area contributed by atoms with E-state index in [9.17, 15) is 9.59 Å². The molecule has 4 heteroatoms. The van der Waals surface area contributed by atoms with Gasteiger partial charge in [0.25, 0.3) is 0 Å². The van der Waals surface area contributed by atoms with Crippen LogP contribution in [0.2, 0.25) is 0 Å². The van der Waals surface area contributed by atoms with Crippen LogP contribution in [0.1, 0.15) is 44.7 Å². The second-order valence-electron chi connectivity index (χ2n) is 5.15. The molecule has 0 spiro atoms. The molecular formula is C16H24N2O2. The second kappa shape index (κ2) is 7.08. The van der Waals surface area contributed by atoms with Crippen molar-refractivity contribution in [3.63, 3.8) is 0 Å². The van der Waals surface area contributed by atoms with Crippen LogP contribution in [-0.2, 0) is 15.0 Å². The molecule has 1 aliphatic rings. The van der Waals surface area contributed by atoms with Crippen LogP contribution >= 0.6 is 0 Å². The van der Waals surface area contributed by atoms with E-state index in [4.69, 9.17) is 0 Å². The SMILES string of the molecule is CC.Cc1ccc2c(c1)NCC2(C)CCC(=O)NC=O. The van der Waals surface area contributed by atoms with Crippen molar-refractivity contribution in [2.75, 3.05) is 11.9 Å². The Labute approximate surface area is 121 Å². The van der Waals surface area contributed by atoms with Gasteiger partial charge in [0.05, 0.1) is 0 Å². The molecule has 0 radical (unpaired) electrons. The number of aryl methyl sites for hydroxylation is 1. The minimum atomic E-state index is -0.216. The van der Waals surface area contributed by atoms with Crippen molar-refractivity contribution in [1.29, 1.82) is 0 Å². The predicted octanol–water partition coefficient (Wildman–Crippen LogP) is 2.76. The summed E-state index contributed by atoms with van der Waals surface area (Å²) < 4.78 is 0. The Bertz CT molecular complexity index is 485. The molecule has 1 aromatic rings. The lowest BCUT2D eigenvalue weighted by Gasteiger charge is -2.23. The van der Waals surface area contributed by atoms with Crippen LogP contribution in [0.25, 0.3) is 0 Å². The number of carbonyl (C=O) groups is 2. The summed E-state index contributed by atoms with van der Waals surface area (Å²) in [4.78, 5) is 21.5. The van der Waals surface area contributed by atoms with Crippen LogP contribution in [0.4, 0.5) is 5.69 Å². The highest BCUT2D eigenvalue weighted by molar-refractivity contribution is 5.85. The van der Waals surface area contributed by atoms with E-state index >= 15 is 0 Å². The molecule has 20 heavy (non-hydrogen) atoms. The van der Waals surface area contributed by atoms with Crippen molar-refractivity contribution in [2.45, 2.75) is 46.0 Å². The normalized spacial score (nSPS) is 19.2. The fraction of sp³-hybridized carbons (Fsp3) is 0.500. The van der Waals surface area contributed by atoms with Crippen molar-refractivity contribution < 1.29 is 9.59 Å². The van der Waals surface area contributed by atoms with Crippen molar-refractivity contribution in [1.82, 2.24) is 5.32 Å². The highest BCUT2D eigenvalue weighted by Gasteiger charge is 2.34. The first-order chi connectivity index (χ1) is 9.55. The molecule has 0 saturated carbocycles. The minimum Gasteiger partial charge on any atom is -0.384 e. The van der Waals surface area contributed by atoms with Gasteiger partial charge in [0.2, 0.25) is 12.3 Å². The zero-order valence-corrected chi connectivity index (χ0v) is 12.7. The largest absolute Gasteiger partial charge is 0.384 e. The number of imide groups is 1. The third-order valence-electron chi connectivity index (χ3n) is 3.62. The maximum Gasteiger partial charge on any atom is 0.226 e. The number of rotatable bonds is 4. The van der Waals surface area contributed by atoms with Gasteiger partial charge in [-0.2, -0.15) is 0 Å². The number of hydrogen-bond acceptors (Lipinski definition) is 3. The maximum absolute atomic E-state index is 11.3. The summed E-state index contributed by atoms with van der Waals surface area (Å²) in [6, 6.07) is 6.35. The summed E-state index contributed by atoms with van der Waals surface area (Å²) in [7, 11) is 0. The molecule has 0 saturated heterocycles. The highest BCUT2D eigenvalue weighted by Crippen LogP contribution is 2.40. The molecule has 1 unspecified atom stereocenters. The van der Waals surface area contributed by atoms with Gasteiger partial charge in [-0.25, -0.2) is 0 Å². The molecular weight excluding hydrogens is 252 g/mol. The second-order valence-corrected chi connectivity index (χ2v) is 5.15. The number of nitrogens with one attached hydrogen (secondary N) is 2. The van der Waals surface area contributed by atoms with Gasteiger partial charge in [-0.1, -0.05) is 32.9 Å². The van der Waals surface area contributed by atoms with Gasteiger partial charge in [-0.15, -0.1) is 0 Å². The summed E-state index contributed by atoms with van der Waals surface area (Å²) in [5.74, 6) is -0.216. The molecule has 2 rings (SSSR count). The fourth-order valence-corrected chi connectivity index (χ4v) is 2.47. The van der Waals surface area contributed by atoms with E-state index in [-0.39, 0.29) is 11.3 Å². The zero-order chi connectivity index (χ0) is 15.2. The summed E-state index contributed by atoms with van der Waals surface area (Å²) in [6.45, 7) is 9.05. The molecule has 0 aromatic heterocycles. The molecule has 110 valence electrons. The van der Waals surface area contributed by atoms with E-state index in [0.29, 0.717) is 12.8 Å². The fourth-order valence-electron chi connectivity index (χ4n) is 2.47. The Morgan fingerprint density at radius 3 is 2.80 bits per heavy atom. The van der Waals surface area contributed by atoms with E-state index in [1.807, 2.05) is 13.8 Å². The lowest BCUT2D eigenvalue weighted by molar-refractivity contribution is -0.125. The van der Waals surface area contributed by atoms with Crippen molar-refractivity contribution in [3.8, 4) is 0 Å². The van der Waals surface area contributed by atoms with Gasteiger partial charge in [-0.3, -0.25) is 14.9 Å².